The Bertz CT molecular complexity index is 553. The number of hydrogen-bond donors (Lipinski definition) is 1. The van der Waals surface area contributed by atoms with E-state index < -0.39 is 11.9 Å². The Hall–Kier alpha value is -1.67. The van der Waals surface area contributed by atoms with Gasteiger partial charge in [-0.15, -0.1) is 0 Å². The van der Waals surface area contributed by atoms with Gasteiger partial charge in [-0.05, 0) is 11.1 Å². The minimum absolute atomic E-state index is 0. The molecule has 2 N–H and O–H groups in total. The van der Waals surface area contributed by atoms with Crippen LogP contribution in [-0.4, -0.2) is 17.8 Å². The van der Waals surface area contributed by atoms with Crippen LogP contribution in [0.5, 0.6) is 0 Å². The van der Waals surface area contributed by atoms with Crippen molar-refractivity contribution in [3.8, 4) is 0 Å². The standard InChI is InChI=1S/2C7H6O2.C2H5NO.2Ag/c2*8-7(9)6-4-2-1-3-5-6;1-2(3)4;;/h2*1-5H,(H,8,9);1H3,(H2,3,4);;/q;;;2*+1/p-2. The molecule has 1 amide bonds. The fourth-order valence-corrected chi connectivity index (χ4v) is 1.15. The fraction of sp³-hybridized carbons (Fsp3) is 0.0625. The molecule has 0 aliphatic carbocycles. The second-order valence-electron chi connectivity index (χ2n) is 3.92. The number of amides is 1. The zero-order valence-corrected chi connectivity index (χ0v) is 15.5. The largest absolute Gasteiger partial charge is 1.00 e. The molecule has 136 valence electrons. The molecular weight excluding hydrogens is 502 g/mol. The monoisotopic (exact) mass is 515 g/mol. The maximum atomic E-state index is 10.1. The third kappa shape index (κ3) is 15.2. The Morgan fingerprint density at radius 1 is 0.708 bits per heavy atom. The summed E-state index contributed by atoms with van der Waals surface area (Å²) < 4.78 is 0. The maximum Gasteiger partial charge on any atom is 1.00 e. The van der Waals surface area contributed by atoms with E-state index in [1.165, 1.54) is 31.2 Å². The van der Waals surface area contributed by atoms with Crippen LogP contribution in [0.15, 0.2) is 60.7 Å². The van der Waals surface area contributed by atoms with Crippen LogP contribution in [0, 0.1) is 0 Å². The van der Waals surface area contributed by atoms with Crippen molar-refractivity contribution in [3.63, 3.8) is 0 Å². The third-order valence-corrected chi connectivity index (χ3v) is 2.02. The number of hydrogen-bond acceptors (Lipinski definition) is 5. The van der Waals surface area contributed by atoms with E-state index in [9.17, 15) is 24.6 Å². The number of carboxylic acids is 2. The number of aromatic carboxylic acids is 2. The number of rotatable bonds is 2. The summed E-state index contributed by atoms with van der Waals surface area (Å²) in [7, 11) is 0. The van der Waals surface area contributed by atoms with Crippen LogP contribution in [0.3, 0.4) is 0 Å². The van der Waals surface area contributed by atoms with Crippen molar-refractivity contribution in [2.24, 2.45) is 5.73 Å². The molecule has 2 rings (SSSR count). The molecule has 0 saturated heterocycles. The van der Waals surface area contributed by atoms with E-state index in [0.29, 0.717) is 0 Å². The molecule has 0 spiro atoms. The molecule has 0 radical (unpaired) electrons. The molecule has 0 saturated carbocycles. The first kappa shape index (κ1) is 27.2. The molecule has 0 heterocycles. The van der Waals surface area contributed by atoms with E-state index in [0.717, 1.165) is 0 Å². The molecule has 2 aromatic carbocycles. The van der Waals surface area contributed by atoms with Gasteiger partial charge in [0.05, 0.1) is 11.9 Å². The van der Waals surface area contributed by atoms with Crippen molar-refractivity contribution in [1.82, 2.24) is 0 Å². The van der Waals surface area contributed by atoms with Crippen molar-refractivity contribution in [2.45, 2.75) is 6.92 Å². The van der Waals surface area contributed by atoms with Gasteiger partial charge in [0.25, 0.3) is 0 Å². The first-order valence-corrected chi connectivity index (χ1v) is 6.13. The van der Waals surface area contributed by atoms with Crippen LogP contribution in [0.4, 0.5) is 0 Å². The molecule has 2 aromatic rings. The SMILES string of the molecule is CC(N)=O.O=C([O-])c1ccccc1.O=C([O-])c1ccccc1.[Ag+].[Ag+]. The Morgan fingerprint density at radius 2 is 0.917 bits per heavy atom. The van der Waals surface area contributed by atoms with Crippen molar-refractivity contribution in [2.75, 3.05) is 0 Å². The van der Waals surface area contributed by atoms with Gasteiger partial charge in [-0.3, -0.25) is 4.79 Å². The molecule has 0 fully saturated rings. The summed E-state index contributed by atoms with van der Waals surface area (Å²) in [4.78, 5) is 29.4. The molecule has 6 nitrogen and oxygen atoms in total. The zero-order valence-electron chi connectivity index (χ0n) is 12.5. The van der Waals surface area contributed by atoms with E-state index >= 15 is 0 Å². The predicted molar refractivity (Wildman–Crippen MR) is 76.4 cm³/mol. The molecule has 24 heavy (non-hydrogen) atoms. The average Bonchev–Trinajstić information content (AvgIpc) is 2.49. The number of benzene rings is 2. The van der Waals surface area contributed by atoms with Crippen LogP contribution >= 0.6 is 0 Å². The summed E-state index contributed by atoms with van der Waals surface area (Å²) in [6, 6.07) is 16.1. The molecule has 0 aromatic heterocycles. The quantitative estimate of drug-likeness (QED) is 0.543. The molecule has 8 heteroatoms. The van der Waals surface area contributed by atoms with Gasteiger partial charge < -0.3 is 25.5 Å². The second-order valence-corrected chi connectivity index (χ2v) is 3.92. The van der Waals surface area contributed by atoms with Crippen molar-refractivity contribution >= 4 is 17.8 Å². The summed E-state index contributed by atoms with van der Waals surface area (Å²) in [6.07, 6.45) is 0. The number of carboxylic acid groups (broad SMARTS) is 2. The van der Waals surface area contributed by atoms with Gasteiger partial charge >= 0.3 is 44.8 Å². The van der Waals surface area contributed by atoms with E-state index in [-0.39, 0.29) is 61.8 Å². The molecule has 0 bridgehead atoms. The number of carbonyl (C=O) groups is 3. The van der Waals surface area contributed by atoms with Gasteiger partial charge in [0, 0.05) is 6.92 Å². The fourth-order valence-electron chi connectivity index (χ4n) is 1.15. The number of carbonyl (C=O) groups excluding carboxylic acids is 3. The van der Waals surface area contributed by atoms with Gasteiger partial charge in [-0.25, -0.2) is 0 Å². The Labute approximate surface area is 171 Å². The smallest absolute Gasteiger partial charge is 0.545 e. The van der Waals surface area contributed by atoms with Crippen LogP contribution < -0.4 is 15.9 Å². The first-order valence-electron chi connectivity index (χ1n) is 6.13. The van der Waals surface area contributed by atoms with E-state index in [4.69, 9.17) is 0 Å². The Morgan fingerprint density at radius 3 is 1.04 bits per heavy atom. The average molecular weight is 517 g/mol. The summed E-state index contributed by atoms with van der Waals surface area (Å²) in [5, 5.41) is 20.2. The summed E-state index contributed by atoms with van der Waals surface area (Å²) >= 11 is 0. The van der Waals surface area contributed by atoms with Crippen LogP contribution in [0.2, 0.25) is 0 Å². The summed E-state index contributed by atoms with van der Waals surface area (Å²) in [5.74, 6) is -2.59. The normalized spacial score (nSPS) is 7.71. The molecular formula is C16H15Ag2NO5. The molecule has 0 atom stereocenters. The predicted octanol–water partition coefficient (Wildman–Crippen LogP) is -0.413. The van der Waals surface area contributed by atoms with Gasteiger partial charge in [0.2, 0.25) is 5.91 Å². The Kier molecular flexibility index (Phi) is 18.4. The van der Waals surface area contributed by atoms with Crippen LogP contribution in [0.1, 0.15) is 27.6 Å². The molecule has 0 aliphatic rings. The summed E-state index contributed by atoms with van der Waals surface area (Å²) in [6.45, 7) is 1.31. The van der Waals surface area contributed by atoms with Crippen molar-refractivity contribution in [3.05, 3.63) is 71.8 Å². The first-order chi connectivity index (χ1) is 10.3. The van der Waals surface area contributed by atoms with E-state index in [1.807, 2.05) is 0 Å². The van der Waals surface area contributed by atoms with Crippen molar-refractivity contribution in [1.29, 1.82) is 0 Å². The van der Waals surface area contributed by atoms with E-state index in [2.05, 4.69) is 5.73 Å². The Balaban J connectivity index is -0.000000283. The minimum Gasteiger partial charge on any atom is -0.545 e. The molecule has 0 aliphatic heterocycles. The van der Waals surface area contributed by atoms with Crippen LogP contribution in [0.25, 0.3) is 0 Å². The molecule has 0 unspecified atom stereocenters. The van der Waals surface area contributed by atoms with E-state index in [1.54, 1.807) is 36.4 Å². The van der Waals surface area contributed by atoms with Gasteiger partial charge in [-0.1, -0.05) is 60.7 Å². The second kappa shape index (κ2) is 16.2. The maximum absolute atomic E-state index is 10.1. The van der Waals surface area contributed by atoms with Gasteiger partial charge in [0.15, 0.2) is 0 Å². The minimum atomic E-state index is -1.13. The zero-order chi connectivity index (χ0) is 17.0. The van der Waals surface area contributed by atoms with Crippen molar-refractivity contribution < 1.29 is 69.4 Å². The van der Waals surface area contributed by atoms with Gasteiger partial charge in [-0.2, -0.15) is 0 Å². The summed E-state index contributed by atoms with van der Waals surface area (Å²) in [5.41, 5.74) is 4.91. The number of nitrogens with two attached hydrogens (primary N) is 1. The van der Waals surface area contributed by atoms with Gasteiger partial charge in [0.1, 0.15) is 0 Å². The topological polar surface area (TPSA) is 123 Å². The third-order valence-electron chi connectivity index (χ3n) is 2.02. The van der Waals surface area contributed by atoms with Crippen LogP contribution in [-0.2, 0) is 49.6 Å². The number of primary amides is 1.